The van der Waals surface area contributed by atoms with Gasteiger partial charge in [-0.2, -0.15) is 0 Å². The molecule has 0 bridgehead atoms. The first-order chi connectivity index (χ1) is 11.2. The summed E-state index contributed by atoms with van der Waals surface area (Å²) in [7, 11) is 0. The van der Waals surface area contributed by atoms with Gasteiger partial charge >= 0.3 is 0 Å². The normalized spacial score (nSPS) is 28.8. The highest BCUT2D eigenvalue weighted by atomic mass is 16.3. The first kappa shape index (κ1) is 19.3. The summed E-state index contributed by atoms with van der Waals surface area (Å²) >= 11 is 0. The summed E-state index contributed by atoms with van der Waals surface area (Å²) in [6.07, 6.45) is 20.6. The van der Waals surface area contributed by atoms with Crippen LogP contribution in [0.3, 0.4) is 0 Å². The van der Waals surface area contributed by atoms with Gasteiger partial charge in [0.15, 0.2) is 0 Å². The second-order valence-corrected chi connectivity index (χ2v) is 8.69. The highest BCUT2D eigenvalue weighted by Crippen LogP contribution is 2.37. The molecule has 0 amide bonds. The summed E-state index contributed by atoms with van der Waals surface area (Å²) < 4.78 is 0. The Morgan fingerprint density at radius 3 is 1.96 bits per heavy atom. The van der Waals surface area contributed by atoms with Gasteiger partial charge in [-0.1, -0.05) is 84.5 Å². The Labute approximate surface area is 145 Å². The standard InChI is InChI=1S/C22H42O/c1-3-8-18-14-16-19(17-15-18)10-7-13-20(9-4-2)22(23)21-11-5-6-12-21/h18-23H,3-17H2,1-2H3/t18?,19?,20?,22-/m1/s1. The van der Waals surface area contributed by atoms with E-state index < -0.39 is 0 Å². The molecule has 1 heteroatoms. The van der Waals surface area contributed by atoms with Crippen LogP contribution in [0.2, 0.25) is 0 Å². The van der Waals surface area contributed by atoms with Crippen molar-refractivity contribution in [2.75, 3.05) is 0 Å². The first-order valence-electron chi connectivity index (χ1n) is 10.9. The summed E-state index contributed by atoms with van der Waals surface area (Å²) in [5.41, 5.74) is 0. The summed E-state index contributed by atoms with van der Waals surface area (Å²) in [5.74, 6) is 3.23. The third kappa shape index (κ3) is 6.40. The first-order valence-corrected chi connectivity index (χ1v) is 10.9. The quantitative estimate of drug-likeness (QED) is 0.472. The van der Waals surface area contributed by atoms with Gasteiger partial charge in [-0.3, -0.25) is 0 Å². The summed E-state index contributed by atoms with van der Waals surface area (Å²) in [4.78, 5) is 0. The lowest BCUT2D eigenvalue weighted by molar-refractivity contribution is 0.0422. The highest BCUT2D eigenvalue weighted by Gasteiger charge is 2.29. The Bertz CT molecular complexity index is 286. The van der Waals surface area contributed by atoms with Crippen molar-refractivity contribution in [1.82, 2.24) is 0 Å². The van der Waals surface area contributed by atoms with Crippen molar-refractivity contribution >= 4 is 0 Å². The van der Waals surface area contributed by atoms with E-state index in [0.29, 0.717) is 11.8 Å². The smallest absolute Gasteiger partial charge is 0.0596 e. The molecule has 0 radical (unpaired) electrons. The molecule has 0 aromatic rings. The zero-order chi connectivity index (χ0) is 16.5. The molecule has 2 atom stereocenters. The molecule has 2 saturated carbocycles. The maximum Gasteiger partial charge on any atom is 0.0596 e. The second kappa shape index (κ2) is 10.7. The lowest BCUT2D eigenvalue weighted by Crippen LogP contribution is -2.28. The van der Waals surface area contributed by atoms with Crippen LogP contribution in [0.25, 0.3) is 0 Å². The van der Waals surface area contributed by atoms with E-state index in [0.717, 1.165) is 11.8 Å². The molecule has 0 aromatic carbocycles. The number of aliphatic hydroxyl groups excluding tert-OH is 1. The minimum absolute atomic E-state index is 0.00209. The van der Waals surface area contributed by atoms with E-state index in [9.17, 15) is 5.11 Å². The van der Waals surface area contributed by atoms with E-state index in [1.807, 2.05) is 0 Å². The van der Waals surface area contributed by atoms with Gasteiger partial charge in [-0.15, -0.1) is 0 Å². The molecule has 0 spiro atoms. The summed E-state index contributed by atoms with van der Waals surface area (Å²) in [6.45, 7) is 4.61. The monoisotopic (exact) mass is 322 g/mol. The van der Waals surface area contributed by atoms with Crippen LogP contribution in [0.1, 0.15) is 110 Å². The fourth-order valence-corrected chi connectivity index (χ4v) is 5.43. The van der Waals surface area contributed by atoms with Gasteiger partial charge in [0.2, 0.25) is 0 Å². The topological polar surface area (TPSA) is 20.2 Å². The van der Waals surface area contributed by atoms with Crippen molar-refractivity contribution < 1.29 is 5.11 Å². The number of hydrogen-bond acceptors (Lipinski definition) is 1. The van der Waals surface area contributed by atoms with Gasteiger partial charge < -0.3 is 5.11 Å². The van der Waals surface area contributed by atoms with E-state index in [1.54, 1.807) is 0 Å². The van der Waals surface area contributed by atoms with Crippen molar-refractivity contribution in [2.24, 2.45) is 23.7 Å². The van der Waals surface area contributed by atoms with Crippen molar-refractivity contribution in [1.29, 1.82) is 0 Å². The fraction of sp³-hybridized carbons (Fsp3) is 1.00. The predicted molar refractivity (Wildman–Crippen MR) is 101 cm³/mol. The average molecular weight is 323 g/mol. The van der Waals surface area contributed by atoms with Crippen molar-refractivity contribution in [3.63, 3.8) is 0 Å². The van der Waals surface area contributed by atoms with Crippen molar-refractivity contribution in [3.05, 3.63) is 0 Å². The molecule has 0 aliphatic heterocycles. The molecule has 2 fully saturated rings. The number of aliphatic hydroxyl groups is 1. The lowest BCUT2D eigenvalue weighted by Gasteiger charge is -2.30. The van der Waals surface area contributed by atoms with Crippen LogP contribution in [-0.2, 0) is 0 Å². The predicted octanol–water partition coefficient (Wildman–Crippen LogP) is 6.73. The fourth-order valence-electron chi connectivity index (χ4n) is 5.43. The van der Waals surface area contributed by atoms with Crippen LogP contribution < -0.4 is 0 Å². The Morgan fingerprint density at radius 2 is 1.39 bits per heavy atom. The van der Waals surface area contributed by atoms with E-state index in [1.165, 1.54) is 96.3 Å². The zero-order valence-corrected chi connectivity index (χ0v) is 15.9. The van der Waals surface area contributed by atoms with E-state index in [-0.39, 0.29) is 6.10 Å². The molecule has 2 aliphatic rings. The zero-order valence-electron chi connectivity index (χ0n) is 15.9. The van der Waals surface area contributed by atoms with E-state index in [4.69, 9.17) is 0 Å². The molecule has 0 saturated heterocycles. The molecule has 1 N–H and O–H groups in total. The molecule has 0 heterocycles. The van der Waals surface area contributed by atoms with Crippen LogP contribution in [0, 0.1) is 23.7 Å². The molecule has 1 nitrogen and oxygen atoms in total. The Kier molecular flexibility index (Phi) is 9.01. The maximum atomic E-state index is 10.8. The summed E-state index contributed by atoms with van der Waals surface area (Å²) in [6, 6.07) is 0. The summed E-state index contributed by atoms with van der Waals surface area (Å²) in [5, 5.41) is 10.8. The van der Waals surface area contributed by atoms with Crippen molar-refractivity contribution in [3.8, 4) is 0 Å². The van der Waals surface area contributed by atoms with E-state index in [2.05, 4.69) is 13.8 Å². The van der Waals surface area contributed by atoms with Gasteiger partial charge in [-0.05, 0) is 49.4 Å². The van der Waals surface area contributed by atoms with E-state index >= 15 is 0 Å². The maximum absolute atomic E-state index is 10.8. The Hall–Kier alpha value is -0.0400. The van der Waals surface area contributed by atoms with Crippen LogP contribution in [0.5, 0.6) is 0 Å². The molecule has 23 heavy (non-hydrogen) atoms. The average Bonchev–Trinajstić information content (AvgIpc) is 3.10. The molecule has 136 valence electrons. The molecule has 1 unspecified atom stereocenters. The van der Waals surface area contributed by atoms with Crippen LogP contribution in [0.15, 0.2) is 0 Å². The number of hydrogen-bond donors (Lipinski definition) is 1. The third-order valence-electron chi connectivity index (χ3n) is 6.88. The number of rotatable bonds is 10. The minimum Gasteiger partial charge on any atom is -0.393 e. The third-order valence-corrected chi connectivity index (χ3v) is 6.88. The highest BCUT2D eigenvalue weighted by molar-refractivity contribution is 4.81. The van der Waals surface area contributed by atoms with Crippen LogP contribution in [0.4, 0.5) is 0 Å². The minimum atomic E-state index is -0.00209. The Morgan fingerprint density at radius 1 is 0.783 bits per heavy atom. The molecule has 0 aromatic heterocycles. The van der Waals surface area contributed by atoms with Crippen LogP contribution in [-0.4, -0.2) is 11.2 Å². The van der Waals surface area contributed by atoms with Gasteiger partial charge in [-0.25, -0.2) is 0 Å². The molecule has 2 aliphatic carbocycles. The molecular formula is C22H42O. The van der Waals surface area contributed by atoms with Gasteiger partial charge in [0.1, 0.15) is 0 Å². The van der Waals surface area contributed by atoms with Crippen molar-refractivity contribution in [2.45, 2.75) is 116 Å². The molecule has 2 rings (SSSR count). The Balaban J connectivity index is 1.66. The molecular weight excluding hydrogens is 280 g/mol. The lowest BCUT2D eigenvalue weighted by atomic mass is 9.77. The van der Waals surface area contributed by atoms with Gasteiger partial charge in [0.05, 0.1) is 6.10 Å². The van der Waals surface area contributed by atoms with Gasteiger partial charge in [0, 0.05) is 0 Å². The largest absolute Gasteiger partial charge is 0.393 e. The van der Waals surface area contributed by atoms with Crippen LogP contribution >= 0.6 is 0 Å². The second-order valence-electron chi connectivity index (χ2n) is 8.69. The SMILES string of the molecule is CCCC1CCC(CCCC(CCC)[C@@H](O)C2CCCC2)CC1. The van der Waals surface area contributed by atoms with Gasteiger partial charge in [0.25, 0.3) is 0 Å².